The van der Waals surface area contributed by atoms with Gasteiger partial charge in [0, 0.05) is 11.7 Å². The smallest absolute Gasteiger partial charge is 0.414 e. The van der Waals surface area contributed by atoms with E-state index in [0.29, 0.717) is 12.1 Å². The maximum Gasteiger partial charge on any atom is 0.414 e. The molecule has 164 valence electrons. The molecule has 1 heterocycles. The second-order valence-electron chi connectivity index (χ2n) is 7.71. The fraction of sp³-hybridized carbons (Fsp3) is 0.231. The van der Waals surface area contributed by atoms with Crippen LogP contribution in [0.25, 0.3) is 0 Å². The van der Waals surface area contributed by atoms with Gasteiger partial charge in [-0.05, 0) is 47.7 Å². The molecule has 1 aliphatic rings. The Kier molecular flexibility index (Phi) is 6.70. The normalized spacial score (nSPS) is 14.5. The van der Waals surface area contributed by atoms with Crippen molar-refractivity contribution in [3.05, 3.63) is 95.6 Å². The summed E-state index contributed by atoms with van der Waals surface area (Å²) in [5.41, 5.74) is 4.32. The summed E-state index contributed by atoms with van der Waals surface area (Å²) in [6.45, 7) is 2.49. The first-order valence-electron chi connectivity index (χ1n) is 10.7. The van der Waals surface area contributed by atoms with E-state index in [0.717, 1.165) is 28.8 Å². The number of benzene rings is 3. The first kappa shape index (κ1) is 21.4. The van der Waals surface area contributed by atoms with Gasteiger partial charge in [-0.15, -0.1) is 0 Å². The fourth-order valence-corrected chi connectivity index (χ4v) is 3.84. The van der Waals surface area contributed by atoms with Crippen LogP contribution in [0.15, 0.2) is 78.9 Å². The van der Waals surface area contributed by atoms with Crippen molar-refractivity contribution >= 4 is 23.6 Å². The van der Waals surface area contributed by atoms with Crippen LogP contribution >= 0.6 is 0 Å². The van der Waals surface area contributed by atoms with Gasteiger partial charge >= 0.3 is 12.2 Å². The van der Waals surface area contributed by atoms with Crippen LogP contribution in [0.5, 0.6) is 0 Å². The number of fused-ring (bicyclic) bond motifs is 1. The first-order valence-corrected chi connectivity index (χ1v) is 10.7. The molecule has 0 aliphatic carbocycles. The highest BCUT2D eigenvalue weighted by molar-refractivity contribution is 5.92. The highest BCUT2D eigenvalue weighted by Crippen LogP contribution is 2.36. The topological polar surface area (TPSA) is 67.9 Å². The van der Waals surface area contributed by atoms with Crippen LogP contribution < -0.4 is 10.2 Å². The number of amides is 2. The lowest BCUT2D eigenvalue weighted by atomic mass is 10.1. The van der Waals surface area contributed by atoms with Crippen molar-refractivity contribution in [3.63, 3.8) is 0 Å². The van der Waals surface area contributed by atoms with Gasteiger partial charge in [-0.1, -0.05) is 67.6 Å². The Balaban J connectivity index is 1.39. The first-order chi connectivity index (χ1) is 15.6. The number of rotatable bonds is 6. The van der Waals surface area contributed by atoms with Crippen LogP contribution in [-0.2, 0) is 29.1 Å². The van der Waals surface area contributed by atoms with Gasteiger partial charge in [0.05, 0.1) is 5.69 Å². The largest absolute Gasteiger partial charge is 0.444 e. The molecule has 1 N–H and O–H groups in total. The summed E-state index contributed by atoms with van der Waals surface area (Å²) in [5.74, 6) is 0. The van der Waals surface area contributed by atoms with Gasteiger partial charge in [-0.3, -0.25) is 10.2 Å². The molecule has 1 unspecified atom stereocenters. The molecular weight excluding hydrogens is 404 g/mol. The molecule has 0 radical (unpaired) electrons. The fourth-order valence-electron chi connectivity index (χ4n) is 3.84. The summed E-state index contributed by atoms with van der Waals surface area (Å²) < 4.78 is 10.9. The molecule has 32 heavy (non-hydrogen) atoms. The average molecular weight is 431 g/mol. The number of hydrogen-bond acceptors (Lipinski definition) is 4. The standard InChI is InChI=1S/C26H26N2O4/c1-2-23-16-21-15-22(27-25(29)31-17-19-9-5-3-6-10-19)13-14-24(21)28(23)26(30)32-18-20-11-7-4-8-12-20/h3-15,23H,2,16-18H2,1H3,(H,27,29). The van der Waals surface area contributed by atoms with E-state index in [1.807, 2.05) is 79.7 Å². The zero-order chi connectivity index (χ0) is 22.3. The average Bonchev–Trinajstić information content (AvgIpc) is 3.20. The van der Waals surface area contributed by atoms with E-state index in [4.69, 9.17) is 9.47 Å². The number of nitrogens with zero attached hydrogens (tertiary/aromatic N) is 1. The minimum atomic E-state index is -0.516. The lowest BCUT2D eigenvalue weighted by Crippen LogP contribution is -2.37. The second kappa shape index (κ2) is 10.0. The van der Waals surface area contributed by atoms with Gasteiger partial charge in [0.25, 0.3) is 0 Å². The second-order valence-corrected chi connectivity index (χ2v) is 7.71. The lowest BCUT2D eigenvalue weighted by Gasteiger charge is -2.24. The third-order valence-corrected chi connectivity index (χ3v) is 5.49. The number of carbonyl (C=O) groups is 2. The molecule has 1 atom stereocenters. The lowest BCUT2D eigenvalue weighted by molar-refractivity contribution is 0.145. The van der Waals surface area contributed by atoms with Gasteiger partial charge < -0.3 is 9.47 Å². The highest BCUT2D eigenvalue weighted by atomic mass is 16.6. The Morgan fingerprint density at radius 2 is 1.53 bits per heavy atom. The van der Waals surface area contributed by atoms with Gasteiger partial charge in [0.1, 0.15) is 13.2 Å². The summed E-state index contributed by atoms with van der Waals surface area (Å²) in [6, 6.07) is 24.7. The molecule has 0 fully saturated rings. The molecule has 0 saturated carbocycles. The maximum absolute atomic E-state index is 12.8. The number of carbonyl (C=O) groups excluding carboxylic acids is 2. The van der Waals surface area contributed by atoms with Gasteiger partial charge in [0.2, 0.25) is 0 Å². The summed E-state index contributed by atoms with van der Waals surface area (Å²) in [4.78, 5) is 26.7. The highest BCUT2D eigenvalue weighted by Gasteiger charge is 2.34. The molecule has 3 aromatic carbocycles. The van der Waals surface area contributed by atoms with Crippen molar-refractivity contribution in [1.29, 1.82) is 0 Å². The molecule has 4 rings (SSSR count). The maximum atomic E-state index is 12.8. The molecule has 0 spiro atoms. The molecule has 6 heteroatoms. The van der Waals surface area contributed by atoms with E-state index >= 15 is 0 Å². The molecule has 3 aromatic rings. The zero-order valence-corrected chi connectivity index (χ0v) is 18.0. The Morgan fingerprint density at radius 1 is 0.906 bits per heavy atom. The molecule has 0 saturated heterocycles. The van der Waals surface area contributed by atoms with Crippen molar-refractivity contribution in [2.45, 2.75) is 39.0 Å². The quantitative estimate of drug-likeness (QED) is 0.528. The summed E-state index contributed by atoms with van der Waals surface area (Å²) in [5, 5.41) is 2.77. The van der Waals surface area contributed by atoms with E-state index in [-0.39, 0.29) is 25.3 Å². The van der Waals surface area contributed by atoms with Crippen molar-refractivity contribution in [1.82, 2.24) is 0 Å². The SMILES string of the molecule is CCC1Cc2cc(NC(=O)OCc3ccccc3)ccc2N1C(=O)OCc1ccccc1. The summed E-state index contributed by atoms with van der Waals surface area (Å²) >= 11 is 0. The number of hydrogen-bond donors (Lipinski definition) is 1. The van der Waals surface area contributed by atoms with Crippen molar-refractivity contribution in [3.8, 4) is 0 Å². The van der Waals surface area contributed by atoms with E-state index in [9.17, 15) is 9.59 Å². The van der Waals surface area contributed by atoms with Crippen LogP contribution in [0.1, 0.15) is 30.0 Å². The van der Waals surface area contributed by atoms with Crippen molar-refractivity contribution in [2.24, 2.45) is 0 Å². The minimum absolute atomic E-state index is 0.0218. The number of nitrogens with one attached hydrogen (secondary N) is 1. The Bertz CT molecular complexity index is 1070. The summed E-state index contributed by atoms with van der Waals surface area (Å²) in [7, 11) is 0. The van der Waals surface area contributed by atoms with Crippen molar-refractivity contribution < 1.29 is 19.1 Å². The Morgan fingerprint density at radius 3 is 2.16 bits per heavy atom. The number of ether oxygens (including phenoxy) is 2. The van der Waals surface area contributed by atoms with Gasteiger partial charge in [-0.2, -0.15) is 0 Å². The zero-order valence-electron chi connectivity index (χ0n) is 18.0. The Labute approximate surface area is 187 Å². The third kappa shape index (κ3) is 5.09. The van der Waals surface area contributed by atoms with E-state index in [1.165, 1.54) is 0 Å². The molecule has 0 aromatic heterocycles. The van der Waals surface area contributed by atoms with Gasteiger partial charge in [0.15, 0.2) is 0 Å². The Hall–Kier alpha value is -3.80. The number of anilines is 2. The predicted octanol–water partition coefficient (Wildman–Crippen LogP) is 5.91. The van der Waals surface area contributed by atoms with Crippen LogP contribution in [0, 0.1) is 0 Å². The molecule has 2 amide bonds. The van der Waals surface area contributed by atoms with Crippen LogP contribution in [0.2, 0.25) is 0 Å². The third-order valence-electron chi connectivity index (χ3n) is 5.49. The molecule has 6 nitrogen and oxygen atoms in total. The summed E-state index contributed by atoms with van der Waals surface area (Å²) in [6.07, 6.45) is 0.637. The monoisotopic (exact) mass is 430 g/mol. The van der Waals surface area contributed by atoms with Crippen LogP contribution in [-0.4, -0.2) is 18.2 Å². The minimum Gasteiger partial charge on any atom is -0.444 e. The van der Waals surface area contributed by atoms with E-state index in [1.54, 1.807) is 11.0 Å². The van der Waals surface area contributed by atoms with Crippen LogP contribution in [0.4, 0.5) is 21.0 Å². The molecular formula is C26H26N2O4. The molecule has 1 aliphatic heterocycles. The van der Waals surface area contributed by atoms with E-state index in [2.05, 4.69) is 5.32 Å². The molecule has 0 bridgehead atoms. The van der Waals surface area contributed by atoms with Crippen molar-refractivity contribution in [2.75, 3.05) is 10.2 Å². The predicted molar refractivity (Wildman–Crippen MR) is 124 cm³/mol. The van der Waals surface area contributed by atoms with Crippen LogP contribution in [0.3, 0.4) is 0 Å². The van der Waals surface area contributed by atoms with Gasteiger partial charge in [-0.25, -0.2) is 9.59 Å². The van der Waals surface area contributed by atoms with E-state index < -0.39 is 6.09 Å².